The average Bonchev–Trinajstić information content (AvgIpc) is 2.80. The summed E-state index contributed by atoms with van der Waals surface area (Å²) >= 11 is 0. The summed E-state index contributed by atoms with van der Waals surface area (Å²) in [6, 6.07) is 7.02. The summed E-state index contributed by atoms with van der Waals surface area (Å²) in [6.45, 7) is 2.13. The van der Waals surface area contributed by atoms with Crippen molar-refractivity contribution in [3.8, 4) is 0 Å². The van der Waals surface area contributed by atoms with E-state index in [2.05, 4.69) is 35.3 Å². The number of hydrogen-bond acceptors (Lipinski definition) is 2. The van der Waals surface area contributed by atoms with Crippen LogP contribution in [0.25, 0.3) is 0 Å². The van der Waals surface area contributed by atoms with Crippen LogP contribution in [0.1, 0.15) is 37.7 Å². The standard InChI is InChI=1S/C16H20N2O/c1-10-6-7-12-14(8-10)18-13-5-3-2-4-11(13)9-15(18)16(19)17-12/h6-8,11,13,15H,2-5,9H2,1H3,(H,17,19). The number of benzene rings is 1. The number of carbonyl (C=O) groups excluding carboxylic acids is 1. The number of anilines is 2. The van der Waals surface area contributed by atoms with Crippen molar-refractivity contribution in [3.05, 3.63) is 23.8 Å². The minimum atomic E-state index is 0.0717. The molecule has 19 heavy (non-hydrogen) atoms. The van der Waals surface area contributed by atoms with Gasteiger partial charge in [0.1, 0.15) is 6.04 Å². The molecule has 0 spiro atoms. The monoisotopic (exact) mass is 256 g/mol. The lowest BCUT2D eigenvalue weighted by Gasteiger charge is -2.39. The fourth-order valence-corrected chi connectivity index (χ4v) is 4.22. The largest absolute Gasteiger partial charge is 0.355 e. The Labute approximate surface area is 114 Å². The van der Waals surface area contributed by atoms with E-state index in [4.69, 9.17) is 0 Å². The van der Waals surface area contributed by atoms with Gasteiger partial charge in [-0.25, -0.2) is 0 Å². The van der Waals surface area contributed by atoms with E-state index in [0.29, 0.717) is 6.04 Å². The lowest BCUT2D eigenvalue weighted by atomic mass is 9.84. The number of aryl methyl sites for hydroxylation is 1. The molecule has 3 aliphatic rings. The zero-order chi connectivity index (χ0) is 13.0. The van der Waals surface area contributed by atoms with Gasteiger partial charge in [0.15, 0.2) is 0 Å². The van der Waals surface area contributed by atoms with E-state index in [1.165, 1.54) is 36.9 Å². The van der Waals surface area contributed by atoms with Crippen LogP contribution in [-0.4, -0.2) is 18.0 Å². The second-order valence-corrected chi connectivity index (χ2v) is 6.28. The first-order valence-corrected chi connectivity index (χ1v) is 7.44. The van der Waals surface area contributed by atoms with Gasteiger partial charge in [-0.2, -0.15) is 0 Å². The van der Waals surface area contributed by atoms with Gasteiger partial charge in [-0.1, -0.05) is 18.9 Å². The summed E-state index contributed by atoms with van der Waals surface area (Å²) in [6.07, 6.45) is 6.25. The van der Waals surface area contributed by atoms with E-state index in [9.17, 15) is 4.79 Å². The molecule has 2 heterocycles. The number of nitrogens with one attached hydrogen (secondary N) is 1. The first-order chi connectivity index (χ1) is 9.24. The fraction of sp³-hybridized carbons (Fsp3) is 0.562. The predicted molar refractivity (Wildman–Crippen MR) is 76.4 cm³/mol. The van der Waals surface area contributed by atoms with Crippen molar-refractivity contribution in [2.45, 2.75) is 51.1 Å². The van der Waals surface area contributed by atoms with Crippen LogP contribution in [0.2, 0.25) is 0 Å². The molecule has 100 valence electrons. The third kappa shape index (κ3) is 1.60. The van der Waals surface area contributed by atoms with Crippen molar-refractivity contribution in [3.63, 3.8) is 0 Å². The van der Waals surface area contributed by atoms with Crippen LogP contribution in [0.15, 0.2) is 18.2 Å². The van der Waals surface area contributed by atoms with Crippen LogP contribution in [0, 0.1) is 12.8 Å². The Balaban J connectivity index is 1.81. The van der Waals surface area contributed by atoms with E-state index >= 15 is 0 Å². The number of carbonyl (C=O) groups is 1. The van der Waals surface area contributed by atoms with Gasteiger partial charge >= 0.3 is 0 Å². The van der Waals surface area contributed by atoms with Crippen LogP contribution < -0.4 is 10.2 Å². The third-order valence-corrected chi connectivity index (χ3v) is 5.08. The highest BCUT2D eigenvalue weighted by atomic mass is 16.2. The summed E-state index contributed by atoms with van der Waals surface area (Å²) in [5.41, 5.74) is 3.52. The van der Waals surface area contributed by atoms with Crippen LogP contribution >= 0.6 is 0 Å². The van der Waals surface area contributed by atoms with Gasteiger partial charge in [-0.05, 0) is 49.8 Å². The maximum absolute atomic E-state index is 12.3. The maximum atomic E-state index is 12.3. The average molecular weight is 256 g/mol. The molecule has 3 unspecified atom stereocenters. The second kappa shape index (κ2) is 3.99. The third-order valence-electron chi connectivity index (χ3n) is 5.08. The molecule has 4 rings (SSSR count). The van der Waals surface area contributed by atoms with E-state index in [1.807, 2.05) is 0 Å². The number of nitrogens with zero attached hydrogens (tertiary/aromatic N) is 1. The molecule has 1 N–H and O–H groups in total. The van der Waals surface area contributed by atoms with Crippen molar-refractivity contribution in [1.82, 2.24) is 0 Å². The van der Waals surface area contributed by atoms with E-state index in [1.54, 1.807) is 0 Å². The van der Waals surface area contributed by atoms with Crippen LogP contribution in [0.3, 0.4) is 0 Å². The highest BCUT2D eigenvalue weighted by Gasteiger charge is 2.47. The quantitative estimate of drug-likeness (QED) is 0.773. The first-order valence-electron chi connectivity index (χ1n) is 7.44. The van der Waals surface area contributed by atoms with Crippen molar-refractivity contribution in [2.24, 2.45) is 5.92 Å². The molecule has 2 aliphatic heterocycles. The molecule has 1 saturated carbocycles. The normalized spacial score (nSPS) is 32.4. The molecular formula is C16H20N2O. The Morgan fingerprint density at radius 1 is 1.26 bits per heavy atom. The summed E-state index contributed by atoms with van der Waals surface area (Å²) in [7, 11) is 0. The number of rotatable bonds is 0. The highest BCUT2D eigenvalue weighted by Crippen LogP contribution is 2.46. The number of amides is 1. The SMILES string of the molecule is Cc1ccc2c(c1)N1C(CC3CCCCC31)C(=O)N2. The van der Waals surface area contributed by atoms with Gasteiger partial charge in [0, 0.05) is 6.04 Å². The Morgan fingerprint density at radius 2 is 2.11 bits per heavy atom. The van der Waals surface area contributed by atoms with Gasteiger partial charge < -0.3 is 10.2 Å². The van der Waals surface area contributed by atoms with Gasteiger partial charge in [0.2, 0.25) is 5.91 Å². The van der Waals surface area contributed by atoms with Gasteiger partial charge in [0.25, 0.3) is 0 Å². The van der Waals surface area contributed by atoms with E-state index < -0.39 is 0 Å². The Bertz CT molecular complexity index is 540. The van der Waals surface area contributed by atoms with E-state index in [0.717, 1.165) is 18.0 Å². The number of fused-ring (bicyclic) bond motifs is 5. The lowest BCUT2D eigenvalue weighted by molar-refractivity contribution is -0.117. The molecule has 3 atom stereocenters. The summed E-state index contributed by atoms with van der Waals surface area (Å²) in [5.74, 6) is 0.918. The minimum absolute atomic E-state index is 0.0717. The molecule has 1 saturated heterocycles. The first kappa shape index (κ1) is 11.3. The number of hydrogen-bond donors (Lipinski definition) is 1. The molecule has 1 aromatic rings. The molecule has 1 aromatic carbocycles. The molecule has 0 aromatic heterocycles. The van der Waals surface area contributed by atoms with Crippen molar-refractivity contribution < 1.29 is 4.79 Å². The molecular weight excluding hydrogens is 236 g/mol. The maximum Gasteiger partial charge on any atom is 0.247 e. The van der Waals surface area contributed by atoms with Gasteiger partial charge in [-0.15, -0.1) is 0 Å². The van der Waals surface area contributed by atoms with Crippen LogP contribution in [0.5, 0.6) is 0 Å². The predicted octanol–water partition coefficient (Wildman–Crippen LogP) is 3.08. The van der Waals surface area contributed by atoms with Gasteiger partial charge in [-0.3, -0.25) is 4.79 Å². The van der Waals surface area contributed by atoms with Crippen molar-refractivity contribution in [2.75, 3.05) is 10.2 Å². The molecule has 0 radical (unpaired) electrons. The Hall–Kier alpha value is -1.51. The molecule has 0 bridgehead atoms. The summed E-state index contributed by atoms with van der Waals surface area (Å²) in [5, 5.41) is 3.09. The van der Waals surface area contributed by atoms with E-state index in [-0.39, 0.29) is 11.9 Å². The minimum Gasteiger partial charge on any atom is -0.355 e. The highest BCUT2D eigenvalue weighted by molar-refractivity contribution is 6.04. The van der Waals surface area contributed by atoms with Crippen molar-refractivity contribution in [1.29, 1.82) is 0 Å². The smallest absolute Gasteiger partial charge is 0.247 e. The molecule has 2 fully saturated rings. The zero-order valence-electron chi connectivity index (χ0n) is 11.4. The molecule has 1 aliphatic carbocycles. The topological polar surface area (TPSA) is 32.3 Å². The lowest BCUT2D eigenvalue weighted by Crippen LogP contribution is -2.48. The fourth-order valence-electron chi connectivity index (χ4n) is 4.22. The second-order valence-electron chi connectivity index (χ2n) is 6.28. The molecule has 3 nitrogen and oxygen atoms in total. The summed E-state index contributed by atoms with van der Waals surface area (Å²) < 4.78 is 0. The zero-order valence-corrected chi connectivity index (χ0v) is 11.4. The van der Waals surface area contributed by atoms with Crippen molar-refractivity contribution >= 4 is 17.3 Å². The van der Waals surface area contributed by atoms with Crippen LogP contribution in [0.4, 0.5) is 11.4 Å². The Morgan fingerprint density at radius 3 is 3.00 bits per heavy atom. The summed E-state index contributed by atoms with van der Waals surface area (Å²) in [4.78, 5) is 14.7. The Kier molecular flexibility index (Phi) is 2.38. The molecule has 3 heteroatoms. The van der Waals surface area contributed by atoms with Crippen LogP contribution in [-0.2, 0) is 4.79 Å². The van der Waals surface area contributed by atoms with Gasteiger partial charge in [0.05, 0.1) is 11.4 Å². The molecule has 1 amide bonds.